The van der Waals surface area contributed by atoms with E-state index in [-0.39, 0.29) is 0 Å². The van der Waals surface area contributed by atoms with Crippen molar-refractivity contribution in [1.29, 1.82) is 0 Å². The van der Waals surface area contributed by atoms with Crippen molar-refractivity contribution in [3.63, 3.8) is 0 Å². The molecular weight excluding hydrogens is 166 g/mol. The van der Waals surface area contributed by atoms with Crippen molar-refractivity contribution >= 4 is 5.71 Å². The van der Waals surface area contributed by atoms with Gasteiger partial charge in [-0.05, 0) is 25.7 Å². The second-order valence-electron chi connectivity index (χ2n) is 3.28. The zero-order valence-corrected chi connectivity index (χ0v) is 7.67. The molecule has 2 rings (SSSR count). The molecule has 1 aromatic rings. The minimum absolute atomic E-state index is 0.784. The zero-order chi connectivity index (χ0) is 9.26. The molecule has 0 saturated carbocycles. The van der Waals surface area contributed by atoms with Gasteiger partial charge in [0, 0.05) is 11.3 Å². The van der Waals surface area contributed by atoms with Crippen LogP contribution in [0.4, 0.5) is 0 Å². The van der Waals surface area contributed by atoms with E-state index in [0.29, 0.717) is 0 Å². The SMILES string of the molecule is CCc1n[nH]c2c1/C(=N/O)CCC2. The Labute approximate surface area is 76.7 Å². The van der Waals surface area contributed by atoms with Crippen molar-refractivity contribution in [3.05, 3.63) is 17.0 Å². The van der Waals surface area contributed by atoms with E-state index in [4.69, 9.17) is 5.21 Å². The maximum absolute atomic E-state index is 8.82. The van der Waals surface area contributed by atoms with Gasteiger partial charge in [-0.2, -0.15) is 5.10 Å². The van der Waals surface area contributed by atoms with E-state index in [1.165, 1.54) is 0 Å². The highest BCUT2D eigenvalue weighted by atomic mass is 16.4. The molecule has 4 heteroatoms. The Morgan fingerprint density at radius 2 is 2.38 bits per heavy atom. The van der Waals surface area contributed by atoms with Crippen LogP contribution in [-0.4, -0.2) is 21.1 Å². The van der Waals surface area contributed by atoms with Crippen LogP contribution >= 0.6 is 0 Å². The van der Waals surface area contributed by atoms with Gasteiger partial charge in [0.05, 0.1) is 11.4 Å². The van der Waals surface area contributed by atoms with Crippen molar-refractivity contribution in [3.8, 4) is 0 Å². The lowest BCUT2D eigenvalue weighted by Gasteiger charge is -2.12. The first kappa shape index (κ1) is 8.29. The van der Waals surface area contributed by atoms with Crippen LogP contribution in [0.5, 0.6) is 0 Å². The Bertz CT molecular complexity index is 327. The number of H-pyrrole nitrogens is 1. The summed E-state index contributed by atoms with van der Waals surface area (Å²) in [5.74, 6) is 0. The number of rotatable bonds is 1. The molecule has 0 spiro atoms. The average Bonchev–Trinajstić information content (AvgIpc) is 2.60. The number of fused-ring (bicyclic) bond motifs is 1. The Morgan fingerprint density at radius 3 is 3.08 bits per heavy atom. The Balaban J connectivity index is 2.51. The molecule has 0 aromatic carbocycles. The topological polar surface area (TPSA) is 61.3 Å². The third-order valence-electron chi connectivity index (χ3n) is 2.50. The van der Waals surface area contributed by atoms with Gasteiger partial charge in [0.15, 0.2) is 0 Å². The van der Waals surface area contributed by atoms with E-state index in [0.717, 1.165) is 48.3 Å². The van der Waals surface area contributed by atoms with E-state index in [1.54, 1.807) is 0 Å². The normalized spacial score (nSPS) is 19.0. The zero-order valence-electron chi connectivity index (χ0n) is 7.67. The predicted octanol–water partition coefficient (Wildman–Crippen LogP) is 1.49. The Hall–Kier alpha value is -1.32. The maximum atomic E-state index is 8.82. The average molecular weight is 179 g/mol. The summed E-state index contributed by atoms with van der Waals surface area (Å²) in [6, 6.07) is 0. The lowest BCUT2D eigenvalue weighted by atomic mass is 9.93. The summed E-state index contributed by atoms with van der Waals surface area (Å²) in [5.41, 5.74) is 3.97. The molecule has 4 nitrogen and oxygen atoms in total. The largest absolute Gasteiger partial charge is 0.411 e. The van der Waals surface area contributed by atoms with Crippen molar-refractivity contribution in [1.82, 2.24) is 10.2 Å². The first-order valence-electron chi connectivity index (χ1n) is 4.64. The Kier molecular flexibility index (Phi) is 2.04. The molecule has 0 atom stereocenters. The molecule has 1 heterocycles. The molecular formula is C9H13N3O. The maximum Gasteiger partial charge on any atom is 0.0905 e. The minimum Gasteiger partial charge on any atom is -0.411 e. The van der Waals surface area contributed by atoms with E-state index >= 15 is 0 Å². The van der Waals surface area contributed by atoms with Crippen LogP contribution in [0.2, 0.25) is 0 Å². The minimum atomic E-state index is 0.784. The number of hydrogen-bond acceptors (Lipinski definition) is 3. The number of aryl methyl sites for hydroxylation is 2. The van der Waals surface area contributed by atoms with Crippen LogP contribution in [0, 0.1) is 0 Å². The van der Waals surface area contributed by atoms with Gasteiger partial charge in [-0.15, -0.1) is 0 Å². The predicted molar refractivity (Wildman–Crippen MR) is 49.2 cm³/mol. The molecule has 0 fully saturated rings. The van der Waals surface area contributed by atoms with Gasteiger partial charge in [-0.1, -0.05) is 12.1 Å². The van der Waals surface area contributed by atoms with Gasteiger partial charge < -0.3 is 5.21 Å². The van der Waals surface area contributed by atoms with Crippen molar-refractivity contribution in [2.75, 3.05) is 0 Å². The van der Waals surface area contributed by atoms with Crippen LogP contribution < -0.4 is 0 Å². The molecule has 13 heavy (non-hydrogen) atoms. The van der Waals surface area contributed by atoms with Gasteiger partial charge in [-0.25, -0.2) is 0 Å². The van der Waals surface area contributed by atoms with Gasteiger partial charge in [0.2, 0.25) is 0 Å². The summed E-state index contributed by atoms with van der Waals surface area (Å²) in [7, 11) is 0. The highest BCUT2D eigenvalue weighted by Gasteiger charge is 2.21. The van der Waals surface area contributed by atoms with E-state index in [9.17, 15) is 0 Å². The third kappa shape index (κ3) is 1.22. The Morgan fingerprint density at radius 1 is 1.54 bits per heavy atom. The summed E-state index contributed by atoms with van der Waals surface area (Å²) in [4.78, 5) is 0. The molecule has 0 aliphatic heterocycles. The van der Waals surface area contributed by atoms with Crippen molar-refractivity contribution in [2.24, 2.45) is 5.16 Å². The number of aromatic nitrogens is 2. The molecule has 1 aliphatic carbocycles. The van der Waals surface area contributed by atoms with Crippen LogP contribution in [0.25, 0.3) is 0 Å². The molecule has 70 valence electrons. The van der Waals surface area contributed by atoms with E-state index < -0.39 is 0 Å². The number of oxime groups is 1. The summed E-state index contributed by atoms with van der Waals surface area (Å²) >= 11 is 0. The second-order valence-corrected chi connectivity index (χ2v) is 3.28. The summed E-state index contributed by atoms with van der Waals surface area (Å²) in [5, 5.41) is 19.3. The number of aromatic amines is 1. The fourth-order valence-corrected chi connectivity index (χ4v) is 1.86. The van der Waals surface area contributed by atoms with Crippen LogP contribution in [0.15, 0.2) is 5.16 Å². The lowest BCUT2D eigenvalue weighted by molar-refractivity contribution is 0.317. The monoisotopic (exact) mass is 179 g/mol. The van der Waals surface area contributed by atoms with Gasteiger partial charge in [0.1, 0.15) is 0 Å². The summed E-state index contributed by atoms with van der Waals surface area (Å²) in [6.07, 6.45) is 3.79. The first-order valence-corrected chi connectivity index (χ1v) is 4.64. The highest BCUT2D eigenvalue weighted by molar-refractivity contribution is 6.02. The van der Waals surface area contributed by atoms with Crippen LogP contribution in [0.1, 0.15) is 36.7 Å². The quantitative estimate of drug-likeness (QED) is 0.506. The highest BCUT2D eigenvalue weighted by Crippen LogP contribution is 2.22. The second kappa shape index (κ2) is 3.20. The van der Waals surface area contributed by atoms with Gasteiger partial charge in [-0.3, -0.25) is 5.10 Å². The molecule has 1 aliphatic rings. The molecule has 0 radical (unpaired) electrons. The van der Waals surface area contributed by atoms with Gasteiger partial charge in [0.25, 0.3) is 0 Å². The standard InChI is InChI=1S/C9H13N3O/c1-2-6-9-7(11-10-6)4-3-5-8(9)12-13/h13H,2-5H2,1H3,(H,10,11)/b12-8+. The van der Waals surface area contributed by atoms with Crippen LogP contribution in [0.3, 0.4) is 0 Å². The molecule has 0 unspecified atom stereocenters. The van der Waals surface area contributed by atoms with E-state index in [1.807, 2.05) is 0 Å². The van der Waals surface area contributed by atoms with Crippen molar-refractivity contribution in [2.45, 2.75) is 32.6 Å². The molecule has 2 N–H and O–H groups in total. The smallest absolute Gasteiger partial charge is 0.0905 e. The fourth-order valence-electron chi connectivity index (χ4n) is 1.86. The van der Waals surface area contributed by atoms with Crippen LogP contribution in [-0.2, 0) is 12.8 Å². The molecule has 0 bridgehead atoms. The van der Waals surface area contributed by atoms with Gasteiger partial charge >= 0.3 is 0 Å². The molecule has 0 saturated heterocycles. The van der Waals surface area contributed by atoms with Crippen molar-refractivity contribution < 1.29 is 5.21 Å². The third-order valence-corrected chi connectivity index (χ3v) is 2.50. The number of hydrogen-bond donors (Lipinski definition) is 2. The number of nitrogens with zero attached hydrogens (tertiary/aromatic N) is 2. The fraction of sp³-hybridized carbons (Fsp3) is 0.556. The molecule has 0 amide bonds. The summed E-state index contributed by atoms with van der Waals surface area (Å²) < 4.78 is 0. The summed E-state index contributed by atoms with van der Waals surface area (Å²) in [6.45, 7) is 2.06. The lowest BCUT2D eigenvalue weighted by Crippen LogP contribution is -2.12. The van der Waals surface area contributed by atoms with E-state index in [2.05, 4.69) is 22.3 Å². The number of nitrogens with one attached hydrogen (secondary N) is 1. The molecule has 1 aromatic heterocycles. The first-order chi connectivity index (χ1) is 6.36.